The zero-order valence-electron chi connectivity index (χ0n) is 8.66. The van der Waals surface area contributed by atoms with Crippen molar-refractivity contribution < 1.29 is 9.59 Å². The van der Waals surface area contributed by atoms with Crippen LogP contribution in [0.2, 0.25) is 0 Å². The third-order valence-corrected chi connectivity index (χ3v) is 2.34. The Morgan fingerprint density at radius 1 is 1.60 bits per heavy atom. The van der Waals surface area contributed by atoms with Crippen molar-refractivity contribution in [2.24, 2.45) is 0 Å². The van der Waals surface area contributed by atoms with Crippen LogP contribution in [0.1, 0.15) is 25.7 Å². The standard InChI is InChI=1S/C10H15N3O2/c11-5-4-9(14)12-6-2-8-13-7-1-3-10(13)15/h1-4,6-8H2,(H,12,14). The number of carbonyl (C=O) groups excluding carboxylic acids is 2. The largest absolute Gasteiger partial charge is 0.355 e. The minimum absolute atomic E-state index is 0.0946. The van der Waals surface area contributed by atoms with Gasteiger partial charge >= 0.3 is 0 Å². The number of hydrogen-bond donors (Lipinski definition) is 1. The zero-order chi connectivity index (χ0) is 11.1. The van der Waals surface area contributed by atoms with Gasteiger partial charge in [-0.25, -0.2) is 0 Å². The van der Waals surface area contributed by atoms with Gasteiger partial charge in [0, 0.05) is 26.1 Å². The van der Waals surface area contributed by atoms with E-state index >= 15 is 0 Å². The lowest BCUT2D eigenvalue weighted by molar-refractivity contribution is -0.127. The van der Waals surface area contributed by atoms with E-state index in [0.717, 1.165) is 19.4 Å². The number of likely N-dealkylation sites (tertiary alicyclic amines) is 1. The van der Waals surface area contributed by atoms with E-state index in [1.165, 1.54) is 0 Å². The third kappa shape index (κ3) is 3.98. The van der Waals surface area contributed by atoms with Crippen LogP contribution in [0.15, 0.2) is 0 Å². The van der Waals surface area contributed by atoms with Crippen LogP contribution in [0.4, 0.5) is 0 Å². The van der Waals surface area contributed by atoms with Gasteiger partial charge in [0.05, 0.1) is 6.07 Å². The molecule has 1 heterocycles. The van der Waals surface area contributed by atoms with Crippen molar-refractivity contribution in [2.45, 2.75) is 25.7 Å². The van der Waals surface area contributed by atoms with Crippen molar-refractivity contribution in [2.75, 3.05) is 19.6 Å². The molecule has 0 bridgehead atoms. The highest BCUT2D eigenvalue weighted by Gasteiger charge is 2.18. The van der Waals surface area contributed by atoms with Crippen LogP contribution in [0.25, 0.3) is 0 Å². The fourth-order valence-electron chi connectivity index (χ4n) is 1.57. The van der Waals surface area contributed by atoms with Crippen LogP contribution in [-0.2, 0) is 9.59 Å². The Morgan fingerprint density at radius 3 is 3.00 bits per heavy atom. The Morgan fingerprint density at radius 2 is 2.40 bits per heavy atom. The number of nitriles is 1. The van der Waals surface area contributed by atoms with Crippen molar-refractivity contribution in [3.63, 3.8) is 0 Å². The Hall–Kier alpha value is -1.57. The Bertz CT molecular complexity index is 283. The molecule has 5 nitrogen and oxygen atoms in total. The first kappa shape index (κ1) is 11.5. The lowest BCUT2D eigenvalue weighted by atomic mass is 10.3. The summed E-state index contributed by atoms with van der Waals surface area (Å²) >= 11 is 0. The van der Waals surface area contributed by atoms with E-state index in [2.05, 4.69) is 5.32 Å². The van der Waals surface area contributed by atoms with Gasteiger partial charge in [-0.15, -0.1) is 0 Å². The molecule has 15 heavy (non-hydrogen) atoms. The maximum absolute atomic E-state index is 11.2. The minimum Gasteiger partial charge on any atom is -0.355 e. The van der Waals surface area contributed by atoms with Gasteiger partial charge in [0.15, 0.2) is 0 Å². The second-order valence-corrected chi connectivity index (χ2v) is 3.52. The molecule has 82 valence electrons. The molecule has 0 radical (unpaired) electrons. The van der Waals surface area contributed by atoms with Crippen LogP contribution < -0.4 is 5.32 Å². The molecule has 5 heteroatoms. The van der Waals surface area contributed by atoms with Gasteiger partial charge in [-0.3, -0.25) is 9.59 Å². The SMILES string of the molecule is N#CCC(=O)NCCCN1CCCC1=O. The molecule has 0 aliphatic carbocycles. The predicted molar refractivity (Wildman–Crippen MR) is 53.7 cm³/mol. The van der Waals surface area contributed by atoms with Gasteiger partial charge in [0.1, 0.15) is 6.42 Å². The highest BCUT2D eigenvalue weighted by Crippen LogP contribution is 2.09. The molecule has 1 aliphatic heterocycles. The van der Waals surface area contributed by atoms with Gasteiger partial charge in [0.25, 0.3) is 0 Å². The molecule has 0 aromatic heterocycles. The summed E-state index contributed by atoms with van der Waals surface area (Å²) in [7, 11) is 0. The fourth-order valence-corrected chi connectivity index (χ4v) is 1.57. The second kappa shape index (κ2) is 6.02. The number of carbonyl (C=O) groups is 2. The summed E-state index contributed by atoms with van der Waals surface area (Å²) in [5.41, 5.74) is 0. The van der Waals surface area contributed by atoms with E-state index in [-0.39, 0.29) is 18.2 Å². The molecule has 0 aromatic carbocycles. The molecule has 0 aromatic rings. The fraction of sp³-hybridized carbons (Fsp3) is 0.700. The van der Waals surface area contributed by atoms with E-state index < -0.39 is 0 Å². The maximum atomic E-state index is 11.2. The molecule has 1 saturated heterocycles. The molecule has 1 rings (SSSR count). The summed E-state index contributed by atoms with van der Waals surface area (Å²) in [5.74, 6) is -0.0383. The Labute approximate surface area is 89.0 Å². The number of hydrogen-bond acceptors (Lipinski definition) is 3. The zero-order valence-corrected chi connectivity index (χ0v) is 8.66. The number of nitrogens with one attached hydrogen (secondary N) is 1. The van der Waals surface area contributed by atoms with Crippen molar-refractivity contribution in [3.8, 4) is 6.07 Å². The molecule has 0 unspecified atom stereocenters. The van der Waals surface area contributed by atoms with E-state index in [9.17, 15) is 9.59 Å². The Kier molecular flexibility index (Phi) is 4.61. The lowest BCUT2D eigenvalue weighted by Gasteiger charge is -2.14. The molecular weight excluding hydrogens is 194 g/mol. The normalized spacial score (nSPS) is 15.1. The molecule has 0 atom stereocenters. The first-order valence-electron chi connectivity index (χ1n) is 5.15. The summed E-state index contributed by atoms with van der Waals surface area (Å²) in [6.07, 6.45) is 2.26. The van der Waals surface area contributed by atoms with Crippen molar-refractivity contribution in [1.29, 1.82) is 5.26 Å². The molecule has 2 amide bonds. The number of amides is 2. The van der Waals surface area contributed by atoms with Gasteiger partial charge < -0.3 is 10.2 Å². The monoisotopic (exact) mass is 209 g/mol. The lowest BCUT2D eigenvalue weighted by Crippen LogP contribution is -2.30. The highest BCUT2D eigenvalue weighted by molar-refractivity contribution is 5.78. The summed E-state index contributed by atoms with van der Waals surface area (Å²) in [5, 5.41) is 10.9. The van der Waals surface area contributed by atoms with E-state index in [1.807, 2.05) is 4.90 Å². The summed E-state index contributed by atoms with van der Waals surface area (Å²) in [6.45, 7) is 2.07. The quantitative estimate of drug-likeness (QED) is 0.649. The van der Waals surface area contributed by atoms with Crippen molar-refractivity contribution in [3.05, 3.63) is 0 Å². The second-order valence-electron chi connectivity index (χ2n) is 3.52. The van der Waals surface area contributed by atoms with Gasteiger partial charge in [-0.1, -0.05) is 0 Å². The topological polar surface area (TPSA) is 73.2 Å². The minimum atomic E-state index is -0.245. The van der Waals surface area contributed by atoms with Crippen LogP contribution in [0.5, 0.6) is 0 Å². The van der Waals surface area contributed by atoms with E-state index in [0.29, 0.717) is 19.5 Å². The first-order valence-corrected chi connectivity index (χ1v) is 5.15. The maximum Gasteiger partial charge on any atom is 0.234 e. The van der Waals surface area contributed by atoms with E-state index in [1.54, 1.807) is 6.07 Å². The molecule has 0 spiro atoms. The van der Waals surface area contributed by atoms with Crippen LogP contribution in [-0.4, -0.2) is 36.3 Å². The molecule has 1 N–H and O–H groups in total. The molecule has 1 aliphatic rings. The van der Waals surface area contributed by atoms with Crippen LogP contribution >= 0.6 is 0 Å². The average molecular weight is 209 g/mol. The predicted octanol–water partition coefficient (Wildman–Crippen LogP) is 0.0288. The summed E-state index contributed by atoms with van der Waals surface area (Å²) in [6, 6.07) is 1.78. The average Bonchev–Trinajstić information content (AvgIpc) is 2.60. The van der Waals surface area contributed by atoms with Crippen molar-refractivity contribution >= 4 is 11.8 Å². The van der Waals surface area contributed by atoms with Crippen molar-refractivity contribution in [1.82, 2.24) is 10.2 Å². The summed E-state index contributed by atoms with van der Waals surface area (Å²) in [4.78, 5) is 23.9. The highest BCUT2D eigenvalue weighted by atomic mass is 16.2. The van der Waals surface area contributed by atoms with Gasteiger partial charge in [-0.05, 0) is 12.8 Å². The first-order chi connectivity index (χ1) is 7.24. The van der Waals surface area contributed by atoms with Crippen LogP contribution in [0.3, 0.4) is 0 Å². The van der Waals surface area contributed by atoms with Crippen LogP contribution in [0, 0.1) is 11.3 Å². The molecule has 0 saturated carbocycles. The van der Waals surface area contributed by atoms with E-state index in [4.69, 9.17) is 5.26 Å². The number of rotatable bonds is 5. The molecule has 1 fully saturated rings. The summed E-state index contributed by atoms with van der Waals surface area (Å²) < 4.78 is 0. The number of nitrogens with zero attached hydrogens (tertiary/aromatic N) is 2. The van der Waals surface area contributed by atoms with Gasteiger partial charge in [-0.2, -0.15) is 5.26 Å². The molecular formula is C10H15N3O2. The smallest absolute Gasteiger partial charge is 0.234 e. The Balaban J connectivity index is 2.04. The third-order valence-electron chi connectivity index (χ3n) is 2.34. The van der Waals surface area contributed by atoms with Gasteiger partial charge in [0.2, 0.25) is 11.8 Å².